The molecule has 1 aromatic carbocycles. The van der Waals surface area contributed by atoms with Gasteiger partial charge in [-0.3, -0.25) is 4.79 Å². The molecule has 3 aliphatic heterocycles. The molecule has 0 saturated carbocycles. The van der Waals surface area contributed by atoms with E-state index in [-0.39, 0.29) is 18.7 Å². The maximum atomic E-state index is 12.1. The maximum Gasteiger partial charge on any atom is 0.309 e. The fraction of sp³-hybridized carbons (Fsp3) is 0.522. The van der Waals surface area contributed by atoms with Crippen molar-refractivity contribution in [2.45, 2.75) is 38.5 Å². The number of carbonyl (C=O) groups is 1. The van der Waals surface area contributed by atoms with Gasteiger partial charge in [-0.15, -0.1) is 0 Å². The molecule has 1 fully saturated rings. The van der Waals surface area contributed by atoms with Crippen molar-refractivity contribution in [3.05, 3.63) is 35.0 Å². The Balaban J connectivity index is 1.32. The van der Waals surface area contributed by atoms with Crippen molar-refractivity contribution in [2.75, 3.05) is 42.5 Å². The van der Waals surface area contributed by atoms with Gasteiger partial charge in [-0.05, 0) is 49.6 Å². The predicted molar refractivity (Wildman–Crippen MR) is 123 cm³/mol. The van der Waals surface area contributed by atoms with Crippen molar-refractivity contribution in [1.29, 1.82) is 0 Å². The quantitative estimate of drug-likeness (QED) is 0.657. The number of esters is 1. The van der Waals surface area contributed by atoms with Crippen LogP contribution in [0.25, 0.3) is 0 Å². The molecule has 0 amide bonds. The van der Waals surface area contributed by atoms with Crippen LogP contribution in [0, 0.1) is 5.92 Å². The summed E-state index contributed by atoms with van der Waals surface area (Å²) >= 11 is 1.92. The Bertz CT molecular complexity index is 994. The fourth-order valence-corrected chi connectivity index (χ4v) is 5.31. The van der Waals surface area contributed by atoms with E-state index in [4.69, 9.17) is 24.2 Å². The zero-order chi connectivity index (χ0) is 21.9. The Hall–Kier alpha value is -2.68. The van der Waals surface area contributed by atoms with Crippen LogP contribution in [0.5, 0.6) is 11.5 Å². The molecular weight excluding hydrogens is 428 g/mol. The first-order valence-electron chi connectivity index (χ1n) is 11.2. The molecule has 8 nitrogen and oxygen atoms in total. The Morgan fingerprint density at radius 2 is 2.09 bits per heavy atom. The number of piperidine rings is 1. The van der Waals surface area contributed by atoms with Crippen LogP contribution < -0.4 is 19.7 Å². The summed E-state index contributed by atoms with van der Waals surface area (Å²) < 4.78 is 16.1. The number of hydrogen-bond donors (Lipinski definition) is 1. The summed E-state index contributed by atoms with van der Waals surface area (Å²) in [5.74, 6) is 5.13. The molecule has 9 heteroatoms. The summed E-state index contributed by atoms with van der Waals surface area (Å²) in [5, 5.41) is 3.54. The molecule has 5 rings (SSSR count). The Morgan fingerprint density at radius 3 is 2.94 bits per heavy atom. The Morgan fingerprint density at radius 1 is 1.25 bits per heavy atom. The van der Waals surface area contributed by atoms with Gasteiger partial charge in [0.05, 0.1) is 18.2 Å². The van der Waals surface area contributed by atoms with Gasteiger partial charge in [0.25, 0.3) is 0 Å². The largest absolute Gasteiger partial charge is 0.466 e. The first-order valence-corrected chi connectivity index (χ1v) is 12.4. The molecule has 1 aromatic heterocycles. The van der Waals surface area contributed by atoms with Crippen LogP contribution in [-0.4, -0.2) is 48.2 Å². The molecule has 1 N–H and O–H groups in total. The van der Waals surface area contributed by atoms with Gasteiger partial charge >= 0.3 is 5.97 Å². The molecule has 0 aliphatic carbocycles. The number of hydrogen-bond acceptors (Lipinski definition) is 9. The SMILES string of the molecule is CCOC(=O)C1CCN(c2nc3c(c(NCc4ccc5c(c4)OCO5)n2)CSCC3)CC1. The van der Waals surface area contributed by atoms with E-state index < -0.39 is 0 Å². The summed E-state index contributed by atoms with van der Waals surface area (Å²) in [4.78, 5) is 24.1. The second kappa shape index (κ2) is 9.44. The van der Waals surface area contributed by atoms with E-state index in [1.54, 1.807) is 0 Å². The number of ether oxygens (including phenoxy) is 3. The number of nitrogens with one attached hydrogen (secondary N) is 1. The van der Waals surface area contributed by atoms with Gasteiger partial charge in [0.15, 0.2) is 11.5 Å². The van der Waals surface area contributed by atoms with Gasteiger partial charge in [0.1, 0.15) is 5.82 Å². The maximum absolute atomic E-state index is 12.1. The van der Waals surface area contributed by atoms with E-state index in [0.717, 1.165) is 78.4 Å². The van der Waals surface area contributed by atoms with Crippen molar-refractivity contribution in [3.8, 4) is 11.5 Å². The smallest absolute Gasteiger partial charge is 0.309 e. The molecule has 0 atom stereocenters. The molecule has 0 unspecified atom stereocenters. The Labute approximate surface area is 192 Å². The van der Waals surface area contributed by atoms with Crippen molar-refractivity contribution in [2.24, 2.45) is 5.92 Å². The minimum atomic E-state index is -0.0818. The molecule has 2 aromatic rings. The summed E-state index contributed by atoms with van der Waals surface area (Å²) in [6.07, 6.45) is 2.50. The van der Waals surface area contributed by atoms with Gasteiger partial charge in [-0.1, -0.05) is 6.07 Å². The average molecular weight is 457 g/mol. The average Bonchev–Trinajstić information content (AvgIpc) is 3.30. The standard InChI is InChI=1S/C23H28N4O4S/c1-2-29-22(28)16-5-8-27(9-6-16)23-25-18-7-10-32-13-17(18)21(26-23)24-12-15-3-4-19-20(11-15)31-14-30-19/h3-4,11,16H,2,5-10,12-14H2,1H3,(H,24,25,26). The molecular formula is C23H28N4O4S. The lowest BCUT2D eigenvalue weighted by Crippen LogP contribution is -2.38. The second-order valence-electron chi connectivity index (χ2n) is 8.15. The van der Waals surface area contributed by atoms with E-state index >= 15 is 0 Å². The third-order valence-corrected chi connectivity index (χ3v) is 7.09. The number of anilines is 2. The van der Waals surface area contributed by atoms with Crippen molar-refractivity contribution >= 4 is 29.5 Å². The summed E-state index contributed by atoms with van der Waals surface area (Å²) in [6, 6.07) is 6.01. The molecule has 170 valence electrons. The lowest BCUT2D eigenvalue weighted by molar-refractivity contribution is -0.148. The van der Waals surface area contributed by atoms with E-state index in [2.05, 4.69) is 10.2 Å². The number of carbonyl (C=O) groups excluding carboxylic acids is 1. The van der Waals surface area contributed by atoms with Gasteiger partial charge in [0, 0.05) is 31.0 Å². The Kier molecular flexibility index (Phi) is 6.25. The summed E-state index contributed by atoms with van der Waals surface area (Å²) in [5.41, 5.74) is 3.45. The van der Waals surface area contributed by atoms with Crippen molar-refractivity contribution in [1.82, 2.24) is 9.97 Å². The molecule has 4 heterocycles. The number of thioether (sulfide) groups is 1. The zero-order valence-corrected chi connectivity index (χ0v) is 19.1. The minimum Gasteiger partial charge on any atom is -0.466 e. The first-order chi connectivity index (χ1) is 15.7. The highest BCUT2D eigenvalue weighted by atomic mass is 32.2. The third kappa shape index (κ3) is 4.44. The van der Waals surface area contributed by atoms with E-state index in [1.165, 1.54) is 5.56 Å². The van der Waals surface area contributed by atoms with Gasteiger partial charge in [-0.25, -0.2) is 4.98 Å². The van der Waals surface area contributed by atoms with Crippen LogP contribution in [0.2, 0.25) is 0 Å². The normalized spacial score (nSPS) is 17.7. The van der Waals surface area contributed by atoms with Crippen LogP contribution in [0.4, 0.5) is 11.8 Å². The number of benzene rings is 1. The highest BCUT2D eigenvalue weighted by Crippen LogP contribution is 2.34. The first kappa shape index (κ1) is 21.2. The summed E-state index contributed by atoms with van der Waals surface area (Å²) in [6.45, 7) is 4.74. The van der Waals surface area contributed by atoms with Gasteiger partial charge in [0.2, 0.25) is 12.7 Å². The topological polar surface area (TPSA) is 85.8 Å². The lowest BCUT2D eigenvalue weighted by Gasteiger charge is -2.32. The van der Waals surface area contributed by atoms with Gasteiger partial charge < -0.3 is 24.4 Å². The molecule has 0 radical (unpaired) electrons. The summed E-state index contributed by atoms with van der Waals surface area (Å²) in [7, 11) is 0. The number of aromatic nitrogens is 2. The van der Waals surface area contributed by atoms with Crippen LogP contribution >= 0.6 is 11.8 Å². The third-order valence-electron chi connectivity index (χ3n) is 6.11. The molecule has 0 spiro atoms. The highest BCUT2D eigenvalue weighted by Gasteiger charge is 2.28. The monoisotopic (exact) mass is 456 g/mol. The second-order valence-corrected chi connectivity index (χ2v) is 9.26. The molecule has 32 heavy (non-hydrogen) atoms. The fourth-order valence-electron chi connectivity index (χ4n) is 4.32. The van der Waals surface area contributed by atoms with Crippen LogP contribution in [0.1, 0.15) is 36.6 Å². The van der Waals surface area contributed by atoms with Crippen LogP contribution in [0.3, 0.4) is 0 Å². The molecule has 0 bridgehead atoms. The number of rotatable bonds is 6. The predicted octanol–water partition coefficient (Wildman–Crippen LogP) is 3.39. The number of nitrogens with zero attached hydrogens (tertiary/aromatic N) is 3. The zero-order valence-electron chi connectivity index (χ0n) is 18.3. The number of aryl methyl sites for hydroxylation is 1. The number of fused-ring (bicyclic) bond motifs is 2. The minimum absolute atomic E-state index is 0.0242. The van der Waals surface area contributed by atoms with Gasteiger partial charge in [-0.2, -0.15) is 16.7 Å². The van der Waals surface area contributed by atoms with Crippen molar-refractivity contribution < 1.29 is 19.0 Å². The van der Waals surface area contributed by atoms with E-state index in [0.29, 0.717) is 13.2 Å². The lowest BCUT2D eigenvalue weighted by atomic mass is 9.97. The van der Waals surface area contributed by atoms with E-state index in [1.807, 2.05) is 36.9 Å². The molecule has 3 aliphatic rings. The van der Waals surface area contributed by atoms with Crippen LogP contribution in [-0.2, 0) is 28.2 Å². The van der Waals surface area contributed by atoms with Crippen molar-refractivity contribution in [3.63, 3.8) is 0 Å². The highest BCUT2D eigenvalue weighted by molar-refractivity contribution is 7.98. The van der Waals surface area contributed by atoms with E-state index in [9.17, 15) is 4.79 Å². The molecule has 1 saturated heterocycles. The van der Waals surface area contributed by atoms with Crippen LogP contribution in [0.15, 0.2) is 18.2 Å².